The molecule has 0 unspecified atom stereocenters. The van der Waals surface area contributed by atoms with Crippen LogP contribution in [0.5, 0.6) is 0 Å². The molecular weight excluding hydrogens is 328 g/mol. The first-order valence-electron chi connectivity index (χ1n) is 9.41. The van der Waals surface area contributed by atoms with Gasteiger partial charge in [0.1, 0.15) is 11.7 Å². The smallest absolute Gasteiger partial charge is 0.268 e. The number of nitrogens with zero attached hydrogens (tertiary/aromatic N) is 1. The molecule has 2 aliphatic rings. The molecule has 26 heavy (non-hydrogen) atoms. The normalized spacial score (nSPS) is 23.6. The van der Waals surface area contributed by atoms with Crippen molar-refractivity contribution >= 4 is 17.9 Å². The number of aromatic amines is 1. The van der Waals surface area contributed by atoms with Crippen molar-refractivity contribution in [1.82, 2.24) is 20.6 Å². The monoisotopic (exact) mass is 356 g/mol. The van der Waals surface area contributed by atoms with Crippen LogP contribution in [0.3, 0.4) is 0 Å². The third-order valence-corrected chi connectivity index (χ3v) is 5.52. The Morgan fingerprint density at radius 3 is 2.69 bits per heavy atom. The standard InChI is InChI=1S/C20H28N4O2/c1-4-20(2,3)17-14(21-12-22-17)11-16-19(26)23-15(18(25)24-16)10-13-8-6-5-7-9-13/h4,11-13,15H,1,5-10H2,2-3H3,(H,21,22)(H,23,26)(H,24,25)/t15-/m0/s1. The van der Waals surface area contributed by atoms with Gasteiger partial charge in [0.05, 0.1) is 17.7 Å². The molecule has 3 rings (SSSR count). The van der Waals surface area contributed by atoms with Crippen LogP contribution in [-0.2, 0) is 15.0 Å². The lowest BCUT2D eigenvalue weighted by Crippen LogP contribution is -2.55. The number of carbonyl (C=O) groups excluding carboxylic acids is 2. The number of hydrogen-bond acceptors (Lipinski definition) is 3. The van der Waals surface area contributed by atoms with Crippen molar-refractivity contribution in [2.45, 2.75) is 63.8 Å². The number of carbonyl (C=O) groups is 2. The molecule has 0 spiro atoms. The summed E-state index contributed by atoms with van der Waals surface area (Å²) in [6.07, 6.45) is 11.8. The second-order valence-electron chi connectivity index (χ2n) is 7.90. The molecule has 2 fully saturated rings. The van der Waals surface area contributed by atoms with Gasteiger partial charge >= 0.3 is 0 Å². The van der Waals surface area contributed by atoms with E-state index in [2.05, 4.69) is 27.2 Å². The molecule has 1 aromatic heterocycles. The highest BCUT2D eigenvalue weighted by Gasteiger charge is 2.32. The highest BCUT2D eigenvalue weighted by molar-refractivity contribution is 6.07. The first-order chi connectivity index (χ1) is 12.4. The van der Waals surface area contributed by atoms with E-state index in [1.807, 2.05) is 19.9 Å². The van der Waals surface area contributed by atoms with E-state index in [0.29, 0.717) is 11.6 Å². The van der Waals surface area contributed by atoms with E-state index in [-0.39, 0.29) is 22.9 Å². The SMILES string of the molecule is C=CC(C)(C)c1[nH]cnc1C=C1NC(=O)[C@H](CC2CCCCC2)NC1=O. The van der Waals surface area contributed by atoms with Crippen LogP contribution in [0.2, 0.25) is 0 Å². The zero-order valence-electron chi connectivity index (χ0n) is 15.6. The lowest BCUT2D eigenvalue weighted by Gasteiger charge is -2.30. The van der Waals surface area contributed by atoms with Crippen LogP contribution >= 0.6 is 0 Å². The Hall–Kier alpha value is -2.37. The first kappa shape index (κ1) is 18.4. The number of H-pyrrole nitrogens is 1. The fourth-order valence-electron chi connectivity index (χ4n) is 3.77. The third kappa shape index (κ3) is 3.89. The van der Waals surface area contributed by atoms with Crippen LogP contribution in [0, 0.1) is 5.92 Å². The topological polar surface area (TPSA) is 86.9 Å². The molecule has 1 saturated heterocycles. The van der Waals surface area contributed by atoms with Crippen molar-refractivity contribution in [3.8, 4) is 0 Å². The van der Waals surface area contributed by atoms with Gasteiger partial charge < -0.3 is 15.6 Å². The van der Waals surface area contributed by atoms with Gasteiger partial charge in [0.2, 0.25) is 5.91 Å². The number of aromatic nitrogens is 2. The van der Waals surface area contributed by atoms with Crippen molar-refractivity contribution in [3.63, 3.8) is 0 Å². The number of hydrogen-bond donors (Lipinski definition) is 3. The van der Waals surface area contributed by atoms with E-state index in [1.54, 1.807) is 12.4 Å². The zero-order chi connectivity index (χ0) is 18.7. The Kier molecular flexibility index (Phi) is 5.30. The minimum Gasteiger partial charge on any atom is -0.347 e. The van der Waals surface area contributed by atoms with Crippen LogP contribution in [0.15, 0.2) is 24.7 Å². The summed E-state index contributed by atoms with van der Waals surface area (Å²) in [6.45, 7) is 7.87. The zero-order valence-corrected chi connectivity index (χ0v) is 15.6. The molecule has 6 heteroatoms. The maximum Gasteiger partial charge on any atom is 0.268 e. The average molecular weight is 356 g/mol. The molecular formula is C20H28N4O2. The van der Waals surface area contributed by atoms with Gasteiger partial charge in [0.15, 0.2) is 0 Å². The van der Waals surface area contributed by atoms with E-state index in [9.17, 15) is 9.59 Å². The lowest BCUT2D eigenvalue weighted by molar-refractivity contribution is -0.131. The van der Waals surface area contributed by atoms with Gasteiger partial charge in [0.25, 0.3) is 5.91 Å². The van der Waals surface area contributed by atoms with Gasteiger partial charge in [-0.3, -0.25) is 9.59 Å². The summed E-state index contributed by atoms with van der Waals surface area (Å²) in [5.41, 5.74) is 1.40. The van der Waals surface area contributed by atoms with Crippen molar-refractivity contribution in [2.24, 2.45) is 5.92 Å². The van der Waals surface area contributed by atoms with Crippen LogP contribution < -0.4 is 10.6 Å². The van der Waals surface area contributed by atoms with E-state index in [1.165, 1.54) is 19.3 Å². The third-order valence-electron chi connectivity index (χ3n) is 5.52. The van der Waals surface area contributed by atoms with Crippen LogP contribution in [0.1, 0.15) is 63.8 Å². The van der Waals surface area contributed by atoms with Gasteiger partial charge in [-0.15, -0.1) is 6.58 Å². The van der Waals surface area contributed by atoms with Crippen molar-refractivity contribution in [1.29, 1.82) is 0 Å². The number of amides is 2. The number of imidazole rings is 1. The van der Waals surface area contributed by atoms with Gasteiger partial charge in [-0.1, -0.05) is 52.0 Å². The van der Waals surface area contributed by atoms with E-state index < -0.39 is 6.04 Å². The Morgan fingerprint density at radius 2 is 2.00 bits per heavy atom. The van der Waals surface area contributed by atoms with Gasteiger partial charge in [-0.2, -0.15) is 0 Å². The molecule has 1 saturated carbocycles. The maximum absolute atomic E-state index is 12.5. The first-order valence-corrected chi connectivity index (χ1v) is 9.41. The average Bonchev–Trinajstić information content (AvgIpc) is 3.09. The molecule has 2 heterocycles. The number of nitrogens with one attached hydrogen (secondary N) is 3. The summed E-state index contributed by atoms with van der Waals surface area (Å²) >= 11 is 0. The molecule has 1 aromatic rings. The molecule has 1 atom stereocenters. The summed E-state index contributed by atoms with van der Waals surface area (Å²) in [5, 5.41) is 5.64. The highest BCUT2D eigenvalue weighted by atomic mass is 16.2. The van der Waals surface area contributed by atoms with Crippen molar-refractivity contribution in [2.75, 3.05) is 0 Å². The second-order valence-corrected chi connectivity index (χ2v) is 7.90. The van der Waals surface area contributed by atoms with Crippen LogP contribution in [-0.4, -0.2) is 27.8 Å². The Balaban J connectivity index is 1.73. The summed E-state index contributed by atoms with van der Waals surface area (Å²) in [4.78, 5) is 32.4. The Bertz CT molecular complexity index is 726. The van der Waals surface area contributed by atoms with Crippen LogP contribution in [0.4, 0.5) is 0 Å². The lowest BCUT2D eigenvalue weighted by atomic mass is 9.84. The molecule has 6 nitrogen and oxygen atoms in total. The quantitative estimate of drug-likeness (QED) is 0.560. The minimum absolute atomic E-state index is 0.138. The summed E-state index contributed by atoms with van der Waals surface area (Å²) in [7, 11) is 0. The van der Waals surface area contributed by atoms with E-state index >= 15 is 0 Å². The predicted octanol–water partition coefficient (Wildman–Crippen LogP) is 2.80. The van der Waals surface area contributed by atoms with Crippen molar-refractivity contribution < 1.29 is 9.59 Å². The van der Waals surface area contributed by atoms with Gasteiger partial charge in [-0.05, 0) is 18.4 Å². The highest BCUT2D eigenvalue weighted by Crippen LogP contribution is 2.29. The minimum atomic E-state index is -0.439. The molecule has 1 aliphatic carbocycles. The summed E-state index contributed by atoms with van der Waals surface area (Å²) < 4.78 is 0. The number of allylic oxidation sites excluding steroid dienone is 1. The van der Waals surface area contributed by atoms with Gasteiger partial charge in [0, 0.05) is 5.41 Å². The number of piperazine rings is 1. The molecule has 3 N–H and O–H groups in total. The Morgan fingerprint density at radius 1 is 1.27 bits per heavy atom. The predicted molar refractivity (Wildman–Crippen MR) is 101 cm³/mol. The molecule has 0 bridgehead atoms. The molecule has 0 aromatic carbocycles. The largest absolute Gasteiger partial charge is 0.347 e. The molecule has 0 radical (unpaired) electrons. The van der Waals surface area contributed by atoms with E-state index in [0.717, 1.165) is 25.0 Å². The fraction of sp³-hybridized carbons (Fsp3) is 0.550. The second kappa shape index (κ2) is 7.48. The van der Waals surface area contributed by atoms with Gasteiger partial charge in [-0.25, -0.2) is 4.98 Å². The van der Waals surface area contributed by atoms with Crippen LogP contribution in [0.25, 0.3) is 6.08 Å². The summed E-state index contributed by atoms with van der Waals surface area (Å²) in [5.74, 6) is 0.133. The fourth-order valence-corrected chi connectivity index (χ4v) is 3.77. The molecule has 1 aliphatic heterocycles. The number of rotatable bonds is 5. The van der Waals surface area contributed by atoms with Crippen molar-refractivity contribution in [3.05, 3.63) is 36.1 Å². The summed E-state index contributed by atoms with van der Waals surface area (Å²) in [6, 6.07) is -0.439. The molecule has 140 valence electrons. The Labute approximate surface area is 154 Å². The molecule has 2 amide bonds. The maximum atomic E-state index is 12.5. The van der Waals surface area contributed by atoms with E-state index in [4.69, 9.17) is 0 Å².